The molecule has 0 heterocycles. The number of benzene rings is 1. The maximum Gasteiger partial charge on any atom is 0.271 e. The molecule has 1 atom stereocenters. The number of non-ortho nitro benzene ring substituents is 1. The normalized spacial score (nSPS) is 16.8. The van der Waals surface area contributed by atoms with E-state index < -0.39 is 4.92 Å². The summed E-state index contributed by atoms with van der Waals surface area (Å²) in [6.07, 6.45) is 1.81. The molecule has 86 valence electrons. The maximum absolute atomic E-state index is 10.5. The van der Waals surface area contributed by atoms with Gasteiger partial charge in [0.05, 0.1) is 11.0 Å². The highest BCUT2D eigenvalue weighted by Crippen LogP contribution is 2.32. The molecule has 0 amide bonds. The topological polar surface area (TPSA) is 75.4 Å². The number of rotatable bonds is 5. The van der Waals surface area contributed by atoms with E-state index in [0.717, 1.165) is 12.8 Å². The fraction of sp³-hybridized carbons (Fsp3) is 0.455. The Bertz CT molecular complexity index is 391. The molecule has 5 heteroatoms. The molecule has 1 aliphatic rings. The lowest BCUT2D eigenvalue weighted by atomic mass is 10.2. The van der Waals surface area contributed by atoms with Crippen LogP contribution in [0.3, 0.4) is 0 Å². The predicted molar refractivity (Wildman–Crippen MR) is 60.3 cm³/mol. The zero-order valence-corrected chi connectivity index (χ0v) is 8.80. The lowest BCUT2D eigenvalue weighted by Crippen LogP contribution is -2.21. The maximum atomic E-state index is 10.5. The van der Waals surface area contributed by atoms with Crippen molar-refractivity contribution in [3.05, 3.63) is 34.4 Å². The number of nitrogens with zero attached hydrogens (tertiary/aromatic N) is 1. The van der Waals surface area contributed by atoms with Gasteiger partial charge in [-0.05, 0) is 24.8 Å². The van der Waals surface area contributed by atoms with Crippen molar-refractivity contribution in [1.29, 1.82) is 0 Å². The van der Waals surface area contributed by atoms with Gasteiger partial charge in [-0.1, -0.05) is 6.07 Å². The van der Waals surface area contributed by atoms with Gasteiger partial charge in [-0.2, -0.15) is 0 Å². The second-order valence-corrected chi connectivity index (χ2v) is 4.09. The van der Waals surface area contributed by atoms with E-state index in [4.69, 9.17) is 0 Å². The Kier molecular flexibility index (Phi) is 3.05. The summed E-state index contributed by atoms with van der Waals surface area (Å²) in [5.41, 5.74) is 0.736. The minimum absolute atomic E-state index is 0.0610. The molecular weight excluding hydrogens is 208 g/mol. The summed E-state index contributed by atoms with van der Waals surface area (Å²) in [6, 6.07) is 6.30. The van der Waals surface area contributed by atoms with E-state index in [0.29, 0.717) is 18.2 Å². The number of nitro groups is 1. The summed E-state index contributed by atoms with van der Waals surface area (Å²) < 4.78 is 0. The Morgan fingerprint density at radius 2 is 2.31 bits per heavy atom. The van der Waals surface area contributed by atoms with Crippen LogP contribution >= 0.6 is 0 Å². The van der Waals surface area contributed by atoms with Gasteiger partial charge in [-0.3, -0.25) is 10.1 Å². The first-order chi connectivity index (χ1) is 7.66. The van der Waals surface area contributed by atoms with Gasteiger partial charge in [-0.15, -0.1) is 0 Å². The number of aliphatic hydroxyl groups is 1. The zero-order chi connectivity index (χ0) is 11.5. The smallest absolute Gasteiger partial charge is 0.271 e. The lowest BCUT2D eigenvalue weighted by Gasteiger charge is -2.11. The van der Waals surface area contributed by atoms with Gasteiger partial charge in [0.1, 0.15) is 0 Å². The summed E-state index contributed by atoms with van der Waals surface area (Å²) >= 11 is 0. The third-order valence-electron chi connectivity index (χ3n) is 2.74. The summed E-state index contributed by atoms with van der Waals surface area (Å²) in [6.45, 7) is 0.450. The van der Waals surface area contributed by atoms with Crippen molar-refractivity contribution in [2.24, 2.45) is 5.92 Å². The predicted octanol–water partition coefficient (Wildman–Crippen LogP) is 1.78. The average molecular weight is 222 g/mol. The minimum Gasteiger partial charge on any atom is -0.391 e. The quantitative estimate of drug-likeness (QED) is 0.588. The fourth-order valence-corrected chi connectivity index (χ4v) is 1.60. The molecule has 0 spiro atoms. The van der Waals surface area contributed by atoms with Crippen molar-refractivity contribution < 1.29 is 10.0 Å². The number of anilines is 1. The summed E-state index contributed by atoms with van der Waals surface area (Å²) in [5.74, 6) is 0.409. The van der Waals surface area contributed by atoms with Crippen LogP contribution in [0.25, 0.3) is 0 Å². The van der Waals surface area contributed by atoms with Crippen LogP contribution in [0.15, 0.2) is 24.3 Å². The molecule has 0 aliphatic heterocycles. The minimum atomic E-state index is -0.428. The molecule has 1 aromatic rings. The molecule has 1 fully saturated rings. The molecule has 5 nitrogen and oxygen atoms in total. The van der Waals surface area contributed by atoms with Crippen LogP contribution in [0.4, 0.5) is 11.4 Å². The molecule has 0 saturated heterocycles. The zero-order valence-electron chi connectivity index (χ0n) is 8.80. The van der Waals surface area contributed by atoms with Crippen molar-refractivity contribution >= 4 is 11.4 Å². The largest absolute Gasteiger partial charge is 0.391 e. The van der Waals surface area contributed by atoms with Crippen molar-refractivity contribution in [1.82, 2.24) is 0 Å². The first kappa shape index (κ1) is 10.9. The molecule has 16 heavy (non-hydrogen) atoms. The number of aliphatic hydroxyl groups excluding tert-OH is 1. The van der Waals surface area contributed by atoms with Crippen molar-refractivity contribution in [3.8, 4) is 0 Å². The fourth-order valence-electron chi connectivity index (χ4n) is 1.60. The summed E-state index contributed by atoms with van der Waals surface area (Å²) in [5, 5.41) is 23.2. The average Bonchev–Trinajstić information content (AvgIpc) is 3.10. The van der Waals surface area contributed by atoms with E-state index in [-0.39, 0.29) is 11.8 Å². The van der Waals surface area contributed by atoms with Gasteiger partial charge in [0, 0.05) is 24.4 Å². The van der Waals surface area contributed by atoms with E-state index >= 15 is 0 Å². The number of nitro benzene ring substituents is 1. The second kappa shape index (κ2) is 4.49. The van der Waals surface area contributed by atoms with Crippen LogP contribution in [0.2, 0.25) is 0 Å². The third-order valence-corrected chi connectivity index (χ3v) is 2.74. The van der Waals surface area contributed by atoms with E-state index in [1.165, 1.54) is 12.1 Å². The molecule has 0 radical (unpaired) electrons. The molecule has 2 N–H and O–H groups in total. The molecule has 2 rings (SSSR count). The van der Waals surface area contributed by atoms with E-state index in [1.54, 1.807) is 12.1 Å². The van der Waals surface area contributed by atoms with E-state index in [9.17, 15) is 15.2 Å². The monoisotopic (exact) mass is 222 g/mol. The molecule has 1 saturated carbocycles. The van der Waals surface area contributed by atoms with Gasteiger partial charge in [0.2, 0.25) is 0 Å². The van der Waals surface area contributed by atoms with Crippen LogP contribution < -0.4 is 5.32 Å². The number of hydrogen-bond acceptors (Lipinski definition) is 4. The van der Waals surface area contributed by atoms with E-state index in [1.807, 2.05) is 0 Å². The van der Waals surface area contributed by atoms with Crippen LogP contribution in [-0.2, 0) is 0 Å². The van der Waals surface area contributed by atoms with E-state index in [2.05, 4.69) is 5.32 Å². The highest BCUT2D eigenvalue weighted by Gasteiger charge is 2.29. The first-order valence-electron chi connectivity index (χ1n) is 5.33. The Labute approximate surface area is 93.2 Å². The Hall–Kier alpha value is -1.62. The van der Waals surface area contributed by atoms with Crippen LogP contribution in [0, 0.1) is 16.0 Å². The van der Waals surface area contributed by atoms with Gasteiger partial charge >= 0.3 is 0 Å². The Balaban J connectivity index is 1.92. The molecule has 1 unspecified atom stereocenters. The molecule has 1 aromatic carbocycles. The molecule has 1 aliphatic carbocycles. The van der Waals surface area contributed by atoms with Gasteiger partial charge in [-0.25, -0.2) is 0 Å². The highest BCUT2D eigenvalue weighted by atomic mass is 16.6. The van der Waals surface area contributed by atoms with Crippen molar-refractivity contribution in [2.45, 2.75) is 18.9 Å². The Morgan fingerprint density at radius 1 is 1.56 bits per heavy atom. The van der Waals surface area contributed by atoms with Gasteiger partial charge in [0.15, 0.2) is 0 Å². The van der Waals surface area contributed by atoms with Crippen LogP contribution in [0.1, 0.15) is 12.8 Å². The van der Waals surface area contributed by atoms with Gasteiger partial charge < -0.3 is 10.4 Å². The van der Waals surface area contributed by atoms with Crippen LogP contribution in [0.5, 0.6) is 0 Å². The number of nitrogens with one attached hydrogen (secondary N) is 1. The highest BCUT2D eigenvalue weighted by molar-refractivity contribution is 5.50. The molecular formula is C11H14N2O3. The molecule has 0 bridgehead atoms. The third kappa shape index (κ3) is 2.70. The summed E-state index contributed by atoms with van der Waals surface area (Å²) in [7, 11) is 0. The van der Waals surface area contributed by atoms with Crippen LogP contribution in [-0.4, -0.2) is 22.7 Å². The number of hydrogen-bond donors (Lipinski definition) is 2. The molecule has 0 aromatic heterocycles. The second-order valence-electron chi connectivity index (χ2n) is 4.09. The SMILES string of the molecule is O=[N+]([O-])c1cccc(NCC(O)C2CC2)c1. The van der Waals surface area contributed by atoms with Gasteiger partial charge in [0.25, 0.3) is 5.69 Å². The standard InChI is InChI=1S/C11H14N2O3/c14-11(8-4-5-8)7-12-9-2-1-3-10(6-9)13(15)16/h1-3,6,8,11-12,14H,4-5,7H2. The van der Waals surface area contributed by atoms with Crippen molar-refractivity contribution in [2.75, 3.05) is 11.9 Å². The summed E-state index contributed by atoms with van der Waals surface area (Å²) in [4.78, 5) is 10.1. The lowest BCUT2D eigenvalue weighted by molar-refractivity contribution is -0.384. The van der Waals surface area contributed by atoms with Crippen molar-refractivity contribution in [3.63, 3.8) is 0 Å². The first-order valence-corrected chi connectivity index (χ1v) is 5.33. The Morgan fingerprint density at radius 3 is 2.94 bits per heavy atom.